The van der Waals surface area contributed by atoms with Crippen molar-refractivity contribution in [2.45, 2.75) is 50.5 Å². The lowest BCUT2D eigenvalue weighted by atomic mass is 9.74. The van der Waals surface area contributed by atoms with Gasteiger partial charge in [-0.1, -0.05) is 25.1 Å². The maximum atomic E-state index is 12.8. The highest BCUT2D eigenvalue weighted by Gasteiger charge is 2.47. The van der Waals surface area contributed by atoms with Crippen LogP contribution in [0.25, 0.3) is 0 Å². The number of carbonyl (C=O) groups excluding carboxylic acids is 2. The molecule has 0 bridgehead atoms. The van der Waals surface area contributed by atoms with Gasteiger partial charge in [0, 0.05) is 50.9 Å². The van der Waals surface area contributed by atoms with Gasteiger partial charge in [0.1, 0.15) is 0 Å². The first-order valence-electron chi connectivity index (χ1n) is 11.7. The Balaban J connectivity index is 1.37. The molecular formula is C24H36N4O3. The zero-order chi connectivity index (χ0) is 22.0. The van der Waals surface area contributed by atoms with E-state index in [1.54, 1.807) is 4.90 Å². The molecule has 170 valence electrons. The van der Waals surface area contributed by atoms with Crippen molar-refractivity contribution in [3.63, 3.8) is 0 Å². The maximum Gasteiger partial charge on any atom is 0.409 e. The zero-order valence-electron chi connectivity index (χ0n) is 19.2. The molecule has 1 aromatic carbocycles. The van der Waals surface area contributed by atoms with Crippen LogP contribution in [0.1, 0.15) is 44.6 Å². The fourth-order valence-corrected chi connectivity index (χ4v) is 5.48. The number of carbonyl (C=O) groups is 2. The second kappa shape index (κ2) is 9.07. The lowest BCUT2D eigenvalue weighted by Gasteiger charge is -2.45. The topological polar surface area (TPSA) is 56.3 Å². The molecule has 2 fully saturated rings. The number of para-hydroxylation sites is 1. The fourth-order valence-electron chi connectivity index (χ4n) is 5.48. The molecule has 1 aromatic rings. The van der Waals surface area contributed by atoms with E-state index in [9.17, 15) is 9.59 Å². The maximum absolute atomic E-state index is 12.8. The third kappa shape index (κ3) is 4.25. The Labute approximate surface area is 185 Å². The summed E-state index contributed by atoms with van der Waals surface area (Å²) in [6.45, 7) is 6.94. The van der Waals surface area contributed by atoms with Crippen LogP contribution in [-0.4, -0.2) is 86.3 Å². The summed E-state index contributed by atoms with van der Waals surface area (Å²) in [7, 11) is 3.64. The summed E-state index contributed by atoms with van der Waals surface area (Å²) in [4.78, 5) is 33.0. The summed E-state index contributed by atoms with van der Waals surface area (Å²) in [6, 6.07) is 9.03. The van der Waals surface area contributed by atoms with E-state index in [0.717, 1.165) is 70.5 Å². The number of nitrogens with zero attached hydrogens (tertiary/aromatic N) is 4. The highest BCUT2D eigenvalue weighted by atomic mass is 16.6. The van der Waals surface area contributed by atoms with Crippen molar-refractivity contribution in [3.05, 3.63) is 29.8 Å². The molecule has 7 nitrogen and oxygen atoms in total. The molecule has 7 heteroatoms. The van der Waals surface area contributed by atoms with Crippen molar-refractivity contribution < 1.29 is 14.3 Å². The number of benzene rings is 1. The minimum atomic E-state index is -0.161. The van der Waals surface area contributed by atoms with Gasteiger partial charge in [-0.25, -0.2) is 9.59 Å². The molecule has 31 heavy (non-hydrogen) atoms. The van der Waals surface area contributed by atoms with Crippen molar-refractivity contribution in [2.24, 2.45) is 0 Å². The fraction of sp³-hybridized carbons (Fsp3) is 0.667. The number of ether oxygens (including phenoxy) is 1. The van der Waals surface area contributed by atoms with Gasteiger partial charge in [0.2, 0.25) is 0 Å². The third-order valence-electron chi connectivity index (χ3n) is 7.26. The number of hydrogen-bond donors (Lipinski definition) is 0. The molecule has 3 amide bonds. The van der Waals surface area contributed by atoms with Gasteiger partial charge in [0.05, 0.1) is 6.61 Å². The second-order valence-corrected chi connectivity index (χ2v) is 9.43. The summed E-state index contributed by atoms with van der Waals surface area (Å²) in [5.74, 6) is 0. The summed E-state index contributed by atoms with van der Waals surface area (Å²) in [5, 5.41) is 0. The summed E-state index contributed by atoms with van der Waals surface area (Å²) >= 11 is 0. The number of fused-ring (bicyclic) bond motifs is 2. The number of amides is 3. The Hall–Kier alpha value is -2.28. The lowest BCUT2D eigenvalue weighted by molar-refractivity contribution is 0.0563. The van der Waals surface area contributed by atoms with Crippen molar-refractivity contribution in [2.75, 3.05) is 58.3 Å². The van der Waals surface area contributed by atoms with E-state index < -0.39 is 0 Å². The van der Waals surface area contributed by atoms with E-state index in [1.807, 2.05) is 36.9 Å². The average Bonchev–Trinajstić information content (AvgIpc) is 3.11. The SMILES string of the molecule is CCCOC(=O)N1CCC(N2CCC3(CC2)CN(C(=O)N(C)C)c2ccccc23)CC1. The van der Waals surface area contributed by atoms with Gasteiger partial charge in [0.15, 0.2) is 0 Å². The van der Waals surface area contributed by atoms with Crippen LogP contribution in [-0.2, 0) is 10.2 Å². The molecule has 1 spiro atoms. The Morgan fingerprint density at radius 2 is 1.77 bits per heavy atom. The molecule has 3 heterocycles. The molecule has 3 aliphatic rings. The molecule has 0 atom stereocenters. The number of piperidine rings is 2. The van der Waals surface area contributed by atoms with Gasteiger partial charge in [-0.05, 0) is 56.8 Å². The van der Waals surface area contributed by atoms with Crippen LogP contribution < -0.4 is 4.90 Å². The van der Waals surface area contributed by atoms with Crippen LogP contribution in [0.4, 0.5) is 15.3 Å². The minimum absolute atomic E-state index is 0.0590. The van der Waals surface area contributed by atoms with Crippen LogP contribution in [0.2, 0.25) is 0 Å². The lowest BCUT2D eigenvalue weighted by Crippen LogP contribution is -2.52. The first-order valence-corrected chi connectivity index (χ1v) is 11.7. The van der Waals surface area contributed by atoms with E-state index >= 15 is 0 Å². The van der Waals surface area contributed by atoms with Crippen LogP contribution in [0, 0.1) is 0 Å². The Bertz CT molecular complexity index is 796. The minimum Gasteiger partial charge on any atom is -0.449 e. The van der Waals surface area contributed by atoms with Crippen LogP contribution in [0.15, 0.2) is 24.3 Å². The molecule has 0 radical (unpaired) electrons. The number of rotatable bonds is 3. The van der Waals surface area contributed by atoms with Gasteiger partial charge in [-0.15, -0.1) is 0 Å². The Morgan fingerprint density at radius 1 is 1.10 bits per heavy atom. The number of likely N-dealkylation sites (tertiary alicyclic amines) is 2. The predicted molar refractivity (Wildman–Crippen MR) is 122 cm³/mol. The van der Waals surface area contributed by atoms with E-state index in [0.29, 0.717) is 12.6 Å². The molecular weight excluding hydrogens is 392 g/mol. The first-order chi connectivity index (χ1) is 14.9. The second-order valence-electron chi connectivity index (χ2n) is 9.43. The summed E-state index contributed by atoms with van der Waals surface area (Å²) in [6.07, 6.45) is 4.86. The molecule has 0 saturated carbocycles. The van der Waals surface area contributed by atoms with Crippen molar-refractivity contribution in [1.82, 2.24) is 14.7 Å². The van der Waals surface area contributed by atoms with E-state index in [1.165, 1.54) is 5.56 Å². The molecule has 3 aliphatic heterocycles. The van der Waals surface area contributed by atoms with Crippen LogP contribution in [0.5, 0.6) is 0 Å². The van der Waals surface area contributed by atoms with Crippen LogP contribution in [0.3, 0.4) is 0 Å². The standard InChI is InChI=1S/C24H36N4O3/c1-4-17-31-23(30)27-13-9-19(10-14-27)26-15-11-24(12-16-26)18-28(22(29)25(2)3)21-8-6-5-7-20(21)24/h5-8,19H,4,9-18H2,1-3H3. The van der Waals surface area contributed by atoms with Gasteiger partial charge in [0.25, 0.3) is 0 Å². The zero-order valence-corrected chi connectivity index (χ0v) is 19.2. The summed E-state index contributed by atoms with van der Waals surface area (Å²) in [5.41, 5.74) is 2.47. The van der Waals surface area contributed by atoms with E-state index in [-0.39, 0.29) is 17.5 Å². The smallest absolute Gasteiger partial charge is 0.409 e. The quantitative estimate of drug-likeness (QED) is 0.739. The number of anilines is 1. The van der Waals surface area contributed by atoms with E-state index in [4.69, 9.17) is 4.74 Å². The molecule has 4 rings (SSSR count). The highest BCUT2D eigenvalue weighted by Crippen LogP contribution is 2.47. The van der Waals surface area contributed by atoms with Crippen LogP contribution >= 0.6 is 0 Å². The Kier molecular flexibility index (Phi) is 6.42. The highest BCUT2D eigenvalue weighted by molar-refractivity contribution is 5.95. The molecule has 0 N–H and O–H groups in total. The summed E-state index contributed by atoms with van der Waals surface area (Å²) < 4.78 is 5.29. The number of hydrogen-bond acceptors (Lipinski definition) is 4. The first kappa shape index (κ1) is 21.9. The van der Waals surface area contributed by atoms with Crippen molar-refractivity contribution >= 4 is 17.8 Å². The predicted octanol–water partition coefficient (Wildman–Crippen LogP) is 3.53. The number of urea groups is 1. The normalized spacial score (nSPS) is 21.3. The molecule has 2 saturated heterocycles. The van der Waals surface area contributed by atoms with Gasteiger partial charge in [-0.2, -0.15) is 0 Å². The molecule has 0 unspecified atom stereocenters. The van der Waals surface area contributed by atoms with Gasteiger partial charge in [-0.3, -0.25) is 4.90 Å². The molecule has 0 aromatic heterocycles. The monoisotopic (exact) mass is 428 g/mol. The van der Waals surface area contributed by atoms with Crippen molar-refractivity contribution in [3.8, 4) is 0 Å². The Morgan fingerprint density at radius 3 is 2.42 bits per heavy atom. The van der Waals surface area contributed by atoms with Gasteiger partial charge < -0.3 is 19.4 Å². The van der Waals surface area contributed by atoms with Gasteiger partial charge >= 0.3 is 12.1 Å². The van der Waals surface area contributed by atoms with E-state index in [2.05, 4.69) is 23.1 Å². The molecule has 0 aliphatic carbocycles. The van der Waals surface area contributed by atoms with Crippen molar-refractivity contribution in [1.29, 1.82) is 0 Å². The largest absolute Gasteiger partial charge is 0.449 e. The average molecular weight is 429 g/mol. The third-order valence-corrected chi connectivity index (χ3v) is 7.26.